The van der Waals surface area contributed by atoms with Gasteiger partial charge in [-0.15, -0.1) is 0 Å². The first-order chi connectivity index (χ1) is 19.5. The predicted octanol–water partition coefficient (Wildman–Crippen LogP) is -1.61. The number of carboxylic acids is 1. The number of hydrogen-bond acceptors (Lipinski definition) is 8. The number of nitrogens with two attached hydrogens (primary N) is 2. The second-order valence-electron chi connectivity index (χ2n) is 9.42. The molecule has 2 aromatic carbocycles. The van der Waals surface area contributed by atoms with E-state index in [-0.39, 0.29) is 18.6 Å². The number of primary amides is 1. The van der Waals surface area contributed by atoms with E-state index in [1.165, 1.54) is 12.1 Å². The Morgan fingerprint density at radius 1 is 0.829 bits per heavy atom. The minimum atomic E-state index is -1.64. The molecule has 4 amide bonds. The molecule has 0 aliphatic carbocycles. The minimum Gasteiger partial charge on any atom is -0.508 e. The van der Waals surface area contributed by atoms with Crippen molar-refractivity contribution in [3.8, 4) is 5.75 Å². The average molecular weight is 569 g/mol. The fourth-order valence-electron chi connectivity index (χ4n) is 4.13. The number of carboxylic acid groups (broad SMARTS) is 1. The number of aromatic hydroxyl groups is 1. The van der Waals surface area contributed by atoms with Crippen LogP contribution in [0.1, 0.15) is 17.5 Å². The van der Waals surface area contributed by atoms with E-state index in [1.807, 2.05) is 0 Å². The smallest absolute Gasteiger partial charge is 0.326 e. The lowest BCUT2D eigenvalue weighted by Crippen LogP contribution is -2.58. The lowest BCUT2D eigenvalue weighted by molar-refractivity contribution is -0.143. The molecule has 0 bridgehead atoms. The van der Waals surface area contributed by atoms with Gasteiger partial charge in [-0.25, -0.2) is 4.79 Å². The fraction of sp³-hybridized carbons (Fsp3) is 0.296. The Hall–Kier alpha value is -4.95. The van der Waals surface area contributed by atoms with Crippen LogP contribution in [0.15, 0.2) is 54.7 Å². The van der Waals surface area contributed by atoms with Crippen molar-refractivity contribution in [1.29, 1.82) is 0 Å². The first-order valence-corrected chi connectivity index (χ1v) is 12.6. The van der Waals surface area contributed by atoms with Crippen LogP contribution in [-0.2, 0) is 36.8 Å². The van der Waals surface area contributed by atoms with Crippen molar-refractivity contribution in [3.63, 3.8) is 0 Å². The largest absolute Gasteiger partial charge is 0.508 e. The van der Waals surface area contributed by atoms with Crippen molar-refractivity contribution >= 4 is 40.5 Å². The van der Waals surface area contributed by atoms with E-state index in [0.717, 1.165) is 10.9 Å². The number of aliphatic hydroxyl groups is 1. The van der Waals surface area contributed by atoms with Gasteiger partial charge in [0.05, 0.1) is 19.1 Å². The van der Waals surface area contributed by atoms with Crippen molar-refractivity contribution in [1.82, 2.24) is 20.9 Å². The van der Waals surface area contributed by atoms with Crippen molar-refractivity contribution in [2.75, 3.05) is 6.61 Å². The molecule has 3 aromatic rings. The van der Waals surface area contributed by atoms with Gasteiger partial charge in [0.1, 0.15) is 23.9 Å². The number of aromatic nitrogens is 1. The number of rotatable bonds is 14. The highest BCUT2D eigenvalue weighted by Crippen LogP contribution is 2.19. The van der Waals surface area contributed by atoms with Gasteiger partial charge >= 0.3 is 5.97 Å². The molecule has 3 rings (SSSR count). The van der Waals surface area contributed by atoms with Crippen molar-refractivity contribution < 1.29 is 39.3 Å². The summed E-state index contributed by atoms with van der Waals surface area (Å²) in [6, 6.07) is 7.59. The number of carbonyl (C=O) groups is 5. The molecule has 4 atom stereocenters. The summed E-state index contributed by atoms with van der Waals surface area (Å²) in [4.78, 5) is 64.9. The minimum absolute atomic E-state index is 0.0410. The van der Waals surface area contributed by atoms with Gasteiger partial charge in [0.2, 0.25) is 23.6 Å². The molecule has 0 fully saturated rings. The zero-order valence-electron chi connectivity index (χ0n) is 21.9. The van der Waals surface area contributed by atoms with E-state index >= 15 is 0 Å². The number of hydrogen-bond donors (Lipinski definition) is 9. The van der Waals surface area contributed by atoms with Crippen LogP contribution < -0.4 is 27.4 Å². The second-order valence-corrected chi connectivity index (χ2v) is 9.42. The maximum absolute atomic E-state index is 13.2. The quantitative estimate of drug-likeness (QED) is 0.108. The lowest BCUT2D eigenvalue weighted by Gasteiger charge is -2.24. The van der Waals surface area contributed by atoms with Crippen LogP contribution in [0.2, 0.25) is 0 Å². The van der Waals surface area contributed by atoms with Crippen molar-refractivity contribution in [2.45, 2.75) is 43.4 Å². The Morgan fingerprint density at radius 2 is 1.44 bits per heavy atom. The Balaban J connectivity index is 1.76. The lowest BCUT2D eigenvalue weighted by atomic mass is 10.0. The van der Waals surface area contributed by atoms with Crippen LogP contribution in [0.4, 0.5) is 0 Å². The third-order valence-corrected chi connectivity index (χ3v) is 6.30. The number of carbonyl (C=O) groups excluding carboxylic acids is 4. The molecule has 4 unspecified atom stereocenters. The Morgan fingerprint density at radius 3 is 2.07 bits per heavy atom. The number of phenols is 1. The summed E-state index contributed by atoms with van der Waals surface area (Å²) in [7, 11) is 0. The fourth-order valence-corrected chi connectivity index (χ4v) is 4.13. The van der Waals surface area contributed by atoms with Gasteiger partial charge in [0.25, 0.3) is 0 Å². The topological polar surface area (TPSA) is 250 Å². The average Bonchev–Trinajstić information content (AvgIpc) is 3.34. The van der Waals surface area contributed by atoms with Crippen molar-refractivity contribution in [2.24, 2.45) is 11.5 Å². The highest BCUT2D eigenvalue weighted by Gasteiger charge is 2.31. The first-order valence-electron chi connectivity index (χ1n) is 12.6. The molecule has 41 heavy (non-hydrogen) atoms. The molecule has 11 N–H and O–H groups in total. The zero-order chi connectivity index (χ0) is 30.1. The van der Waals surface area contributed by atoms with Gasteiger partial charge < -0.3 is 47.7 Å². The maximum atomic E-state index is 13.2. The Labute approximate surface area is 234 Å². The molecule has 14 nitrogen and oxygen atoms in total. The summed E-state index contributed by atoms with van der Waals surface area (Å²) in [6.45, 7) is -0.829. The molecule has 0 radical (unpaired) electrons. The molecule has 0 aliphatic heterocycles. The number of aliphatic hydroxyl groups excluding tert-OH is 1. The van der Waals surface area contributed by atoms with Crippen LogP contribution in [0, 0.1) is 0 Å². The summed E-state index contributed by atoms with van der Waals surface area (Å²) in [6.07, 6.45) is 0.927. The number of benzene rings is 2. The molecule has 1 heterocycles. The van der Waals surface area contributed by atoms with Crippen LogP contribution in [0.3, 0.4) is 0 Å². The number of aliphatic carboxylic acids is 1. The van der Waals surface area contributed by atoms with Crippen molar-refractivity contribution in [3.05, 3.63) is 65.9 Å². The first kappa shape index (κ1) is 30.6. The second kappa shape index (κ2) is 13.9. The number of H-pyrrole nitrogens is 1. The van der Waals surface area contributed by atoms with Gasteiger partial charge in [-0.2, -0.15) is 0 Å². The number of amides is 4. The van der Waals surface area contributed by atoms with Crippen LogP contribution in [0.5, 0.6) is 5.75 Å². The van der Waals surface area contributed by atoms with E-state index in [2.05, 4.69) is 20.9 Å². The monoisotopic (exact) mass is 568 g/mol. The highest BCUT2D eigenvalue weighted by molar-refractivity contribution is 5.95. The Bertz CT molecular complexity index is 1410. The predicted molar refractivity (Wildman–Crippen MR) is 146 cm³/mol. The molecular formula is C27H32N6O8. The van der Waals surface area contributed by atoms with Gasteiger partial charge in [0, 0.05) is 23.5 Å². The van der Waals surface area contributed by atoms with Gasteiger partial charge in [-0.1, -0.05) is 30.3 Å². The van der Waals surface area contributed by atoms with Gasteiger partial charge in [-0.3, -0.25) is 19.2 Å². The summed E-state index contributed by atoms with van der Waals surface area (Å²) >= 11 is 0. The maximum Gasteiger partial charge on any atom is 0.326 e. The molecule has 0 aliphatic rings. The standard InChI is InChI=1S/C27H32N6O8/c28-18(9-14-5-7-16(35)8-6-14)24(37)33-22(13-34)26(39)31-20(25(38)32-21(27(40)41)11-23(29)36)10-15-12-30-19-4-2-1-3-17(15)19/h1-8,12,18,20-22,30,34-35H,9-11,13,28H2,(H2,29,36)(H,31,39)(H,32,38)(H,33,37)(H,40,41). The normalized spacial score (nSPS) is 13.9. The molecule has 0 spiro atoms. The van der Waals surface area contributed by atoms with E-state index in [0.29, 0.717) is 11.1 Å². The third-order valence-electron chi connectivity index (χ3n) is 6.30. The highest BCUT2D eigenvalue weighted by atomic mass is 16.4. The van der Waals surface area contributed by atoms with Gasteiger partial charge in [-0.05, 0) is 35.7 Å². The summed E-state index contributed by atoms with van der Waals surface area (Å²) in [5, 5.41) is 36.4. The number of phenolic OH excluding ortho intramolecular Hbond substituents is 1. The molecule has 0 saturated heterocycles. The van der Waals surface area contributed by atoms with E-state index in [9.17, 15) is 39.3 Å². The SMILES string of the molecule is NC(=O)CC(NC(=O)C(Cc1c[nH]c2ccccc12)NC(=O)C(CO)NC(=O)C(N)Cc1ccc(O)cc1)C(=O)O. The molecule has 1 aromatic heterocycles. The summed E-state index contributed by atoms with van der Waals surface area (Å²) in [5.74, 6) is -5.03. The molecule has 14 heteroatoms. The number of fused-ring (bicyclic) bond motifs is 1. The zero-order valence-corrected chi connectivity index (χ0v) is 21.9. The van der Waals surface area contributed by atoms with E-state index in [1.54, 1.807) is 42.6 Å². The van der Waals surface area contributed by atoms with Gasteiger partial charge in [0.15, 0.2) is 0 Å². The summed E-state index contributed by atoms with van der Waals surface area (Å²) in [5.41, 5.74) is 13.1. The molecule has 218 valence electrons. The number of para-hydroxylation sites is 1. The number of aromatic amines is 1. The Kier molecular flexibility index (Phi) is 10.4. The third kappa shape index (κ3) is 8.52. The summed E-state index contributed by atoms with van der Waals surface area (Å²) < 4.78 is 0. The van der Waals surface area contributed by atoms with E-state index in [4.69, 9.17) is 11.5 Å². The molecular weight excluding hydrogens is 536 g/mol. The van der Waals surface area contributed by atoms with E-state index < -0.39 is 66.8 Å². The molecule has 0 saturated carbocycles. The van der Waals surface area contributed by atoms with Crippen LogP contribution in [0.25, 0.3) is 10.9 Å². The number of nitrogens with one attached hydrogen (secondary N) is 4. The van der Waals surface area contributed by atoms with Crippen LogP contribution >= 0.6 is 0 Å². The van der Waals surface area contributed by atoms with Crippen LogP contribution in [-0.4, -0.2) is 80.7 Å².